The molecule has 156 valence electrons. The van der Waals surface area contributed by atoms with Gasteiger partial charge in [0.2, 0.25) is 0 Å². The van der Waals surface area contributed by atoms with Crippen molar-refractivity contribution in [2.75, 3.05) is 0 Å². The number of ketones is 1. The Balaban J connectivity index is 1.51. The fraction of sp³-hybridized carbons (Fsp3) is 0.0800. The van der Waals surface area contributed by atoms with Crippen molar-refractivity contribution in [3.05, 3.63) is 117 Å². The molecule has 2 aliphatic rings. The maximum absolute atomic E-state index is 13.0. The van der Waals surface area contributed by atoms with Crippen LogP contribution in [0.3, 0.4) is 0 Å². The lowest BCUT2D eigenvalue weighted by Crippen LogP contribution is -2.38. The number of pyridine rings is 2. The Kier molecular flexibility index (Phi) is 4.91. The lowest BCUT2D eigenvalue weighted by molar-refractivity contribution is 0.0972. The van der Waals surface area contributed by atoms with Gasteiger partial charge in [0.25, 0.3) is 5.56 Å². The van der Waals surface area contributed by atoms with Gasteiger partial charge in [-0.3, -0.25) is 19.1 Å². The zero-order valence-corrected chi connectivity index (χ0v) is 17.0. The van der Waals surface area contributed by atoms with Gasteiger partial charge in [0, 0.05) is 18.0 Å². The van der Waals surface area contributed by atoms with Crippen LogP contribution in [0.1, 0.15) is 16.1 Å². The van der Waals surface area contributed by atoms with Gasteiger partial charge >= 0.3 is 5.69 Å². The number of hydrogen-bond acceptors (Lipinski definition) is 5. The molecule has 3 heterocycles. The van der Waals surface area contributed by atoms with Crippen LogP contribution in [-0.4, -0.2) is 24.9 Å². The molecule has 32 heavy (non-hydrogen) atoms. The van der Waals surface area contributed by atoms with Crippen molar-refractivity contribution in [2.45, 2.75) is 13.1 Å². The first kappa shape index (κ1) is 19.6. The van der Waals surface area contributed by atoms with Crippen LogP contribution < -0.4 is 11.2 Å². The van der Waals surface area contributed by atoms with Gasteiger partial charge in [-0.2, -0.15) is 4.98 Å². The van der Waals surface area contributed by atoms with Crippen molar-refractivity contribution >= 4 is 16.6 Å². The molecular weight excluding hydrogens is 404 g/mol. The highest BCUT2D eigenvalue weighted by atomic mass is 16.2. The van der Waals surface area contributed by atoms with Crippen molar-refractivity contribution in [1.29, 1.82) is 0 Å². The van der Waals surface area contributed by atoms with Gasteiger partial charge in [0.15, 0.2) is 11.6 Å². The lowest BCUT2D eigenvalue weighted by Gasteiger charge is -2.15. The Bertz CT molecular complexity index is 1540. The quantitative estimate of drug-likeness (QED) is 0.407. The van der Waals surface area contributed by atoms with E-state index in [1.165, 1.54) is 0 Å². The summed E-state index contributed by atoms with van der Waals surface area (Å²) < 4.78 is 2.60. The summed E-state index contributed by atoms with van der Waals surface area (Å²) in [6, 6.07) is 21.9. The molecule has 3 aromatic rings. The minimum atomic E-state index is -0.675. The summed E-state index contributed by atoms with van der Waals surface area (Å²) in [5.74, 6) is 0.0501. The third-order valence-electron chi connectivity index (χ3n) is 5.38. The Hall–Kier alpha value is -4.39. The molecule has 2 aliphatic heterocycles. The number of nitrogens with zero attached hydrogens (tertiary/aromatic N) is 4. The molecule has 0 saturated heterocycles. The van der Waals surface area contributed by atoms with E-state index in [-0.39, 0.29) is 30.3 Å². The first-order valence-electron chi connectivity index (χ1n) is 10.1. The molecule has 0 bridgehead atoms. The van der Waals surface area contributed by atoms with E-state index in [1.54, 1.807) is 53.4 Å². The van der Waals surface area contributed by atoms with Crippen molar-refractivity contribution in [1.82, 2.24) is 19.1 Å². The van der Waals surface area contributed by atoms with Crippen LogP contribution in [-0.2, 0) is 13.1 Å². The van der Waals surface area contributed by atoms with Crippen molar-refractivity contribution in [3.63, 3.8) is 0 Å². The summed E-state index contributed by atoms with van der Waals surface area (Å²) in [4.78, 5) is 46.9. The third-order valence-corrected chi connectivity index (χ3v) is 5.38. The van der Waals surface area contributed by atoms with E-state index < -0.39 is 11.2 Å². The maximum atomic E-state index is 13.0. The monoisotopic (exact) mass is 422 g/mol. The summed E-state index contributed by atoms with van der Waals surface area (Å²) in [6.45, 7) is -0.00181. The molecule has 0 radical (unpaired) electrons. The number of carbonyl (C=O) groups excluding carboxylic acids is 1. The van der Waals surface area contributed by atoms with Gasteiger partial charge in [-0.15, -0.1) is 0 Å². The molecule has 0 fully saturated rings. The Morgan fingerprint density at radius 1 is 0.875 bits per heavy atom. The third kappa shape index (κ3) is 3.60. The fourth-order valence-corrected chi connectivity index (χ4v) is 3.75. The van der Waals surface area contributed by atoms with Gasteiger partial charge in [-0.25, -0.2) is 4.79 Å². The molecule has 1 aromatic heterocycles. The Morgan fingerprint density at radius 2 is 1.69 bits per heavy atom. The van der Waals surface area contributed by atoms with Gasteiger partial charge in [-0.05, 0) is 41.1 Å². The van der Waals surface area contributed by atoms with Crippen LogP contribution in [0.2, 0.25) is 0 Å². The number of Topliss-reactive ketones (excluding diaryl/α,β-unsaturated/α-hetero) is 1. The molecule has 0 aliphatic carbocycles. The lowest BCUT2D eigenvalue weighted by atomic mass is 10.0. The molecule has 0 saturated carbocycles. The highest BCUT2D eigenvalue weighted by molar-refractivity contribution is 6.00. The van der Waals surface area contributed by atoms with Crippen LogP contribution in [0.5, 0.6) is 0 Å². The first-order valence-corrected chi connectivity index (χ1v) is 10.1. The normalized spacial score (nSPS) is 11.1. The van der Waals surface area contributed by atoms with E-state index in [9.17, 15) is 14.4 Å². The SMILES string of the molecule is O=C(Cn1cccc2c(=O)n(Cc3ccccn3)c(=O)nc1-2)c1ccc2ccccc2c1. The summed E-state index contributed by atoms with van der Waals surface area (Å²) in [5.41, 5.74) is 0.279. The molecule has 0 unspecified atom stereocenters. The second-order valence-corrected chi connectivity index (χ2v) is 7.47. The number of benzene rings is 2. The zero-order valence-electron chi connectivity index (χ0n) is 17.0. The van der Waals surface area contributed by atoms with Crippen molar-refractivity contribution < 1.29 is 4.79 Å². The fourth-order valence-electron chi connectivity index (χ4n) is 3.75. The van der Waals surface area contributed by atoms with E-state index >= 15 is 0 Å². The minimum absolute atomic E-state index is 0.0341. The zero-order chi connectivity index (χ0) is 22.1. The smallest absolute Gasteiger partial charge is 0.324 e. The van der Waals surface area contributed by atoms with Crippen LogP contribution >= 0.6 is 0 Å². The number of aromatic nitrogens is 4. The van der Waals surface area contributed by atoms with Crippen LogP contribution in [0.25, 0.3) is 22.2 Å². The van der Waals surface area contributed by atoms with Gasteiger partial charge < -0.3 is 4.57 Å². The minimum Gasteiger partial charge on any atom is -0.324 e. The van der Waals surface area contributed by atoms with Crippen LogP contribution in [0, 0.1) is 0 Å². The molecule has 7 heteroatoms. The van der Waals surface area contributed by atoms with Crippen molar-refractivity contribution in [3.8, 4) is 11.4 Å². The second-order valence-electron chi connectivity index (χ2n) is 7.47. The van der Waals surface area contributed by atoms with E-state index in [0.29, 0.717) is 11.3 Å². The topological polar surface area (TPSA) is 86.9 Å². The molecule has 5 rings (SSSR count). The summed E-state index contributed by atoms with van der Waals surface area (Å²) in [5, 5.41) is 2.02. The van der Waals surface area contributed by atoms with Crippen LogP contribution in [0.4, 0.5) is 0 Å². The highest BCUT2D eigenvalue weighted by Crippen LogP contribution is 2.18. The molecule has 2 aromatic carbocycles. The van der Waals surface area contributed by atoms with E-state index in [1.807, 2.05) is 36.4 Å². The van der Waals surface area contributed by atoms with E-state index in [0.717, 1.165) is 15.3 Å². The van der Waals surface area contributed by atoms with Gasteiger partial charge in [-0.1, -0.05) is 42.5 Å². The first-order chi connectivity index (χ1) is 15.6. The maximum Gasteiger partial charge on any atom is 0.352 e. The van der Waals surface area contributed by atoms with Gasteiger partial charge in [0.05, 0.1) is 24.3 Å². The van der Waals surface area contributed by atoms with E-state index in [4.69, 9.17) is 0 Å². The van der Waals surface area contributed by atoms with Crippen LogP contribution in [0.15, 0.2) is 94.8 Å². The molecule has 0 spiro atoms. The molecule has 0 N–H and O–H groups in total. The number of carbonyl (C=O) groups is 1. The molecular formula is C25H18N4O3. The number of hydrogen-bond donors (Lipinski definition) is 0. The Labute approximate surface area is 182 Å². The molecule has 0 amide bonds. The summed E-state index contributed by atoms with van der Waals surface area (Å²) in [7, 11) is 0. The van der Waals surface area contributed by atoms with E-state index in [2.05, 4.69) is 9.97 Å². The molecule has 7 nitrogen and oxygen atoms in total. The summed E-state index contributed by atoms with van der Waals surface area (Å²) in [6.07, 6.45) is 3.25. The number of rotatable bonds is 5. The predicted octanol–water partition coefficient (Wildman–Crippen LogP) is 2.99. The number of fused-ring (bicyclic) bond motifs is 2. The molecule has 0 atom stereocenters. The largest absolute Gasteiger partial charge is 0.352 e. The average molecular weight is 422 g/mol. The van der Waals surface area contributed by atoms with Crippen molar-refractivity contribution in [2.24, 2.45) is 0 Å². The predicted molar refractivity (Wildman–Crippen MR) is 121 cm³/mol. The highest BCUT2D eigenvalue weighted by Gasteiger charge is 2.19. The van der Waals surface area contributed by atoms with Gasteiger partial charge in [0.1, 0.15) is 0 Å². The Morgan fingerprint density at radius 3 is 2.50 bits per heavy atom. The summed E-state index contributed by atoms with van der Waals surface area (Å²) >= 11 is 0. The standard InChI is InChI=1S/C25H18N4O3/c30-22(19-11-10-17-6-1-2-7-18(17)14-19)16-28-13-5-9-21-23(28)27-25(32)29(24(21)31)15-20-8-3-4-12-26-20/h1-14H,15-16H2. The second kappa shape index (κ2) is 8.03. The average Bonchev–Trinajstić information content (AvgIpc) is 2.82.